The van der Waals surface area contributed by atoms with Crippen molar-refractivity contribution in [1.29, 1.82) is 0 Å². The molecule has 0 atom stereocenters. The number of hydrogen-bond donors (Lipinski definition) is 3. The monoisotopic (exact) mass is 439 g/mol. The molecule has 1 aromatic heterocycles. The number of piperazine rings is 1. The first-order chi connectivity index (χ1) is 15.7. The van der Waals surface area contributed by atoms with Crippen LogP contribution < -0.4 is 26.0 Å². The van der Waals surface area contributed by atoms with E-state index in [9.17, 15) is 0 Å². The summed E-state index contributed by atoms with van der Waals surface area (Å²) in [5.74, 6) is 2.91. The fraction of sp³-hybridized carbons (Fsp3) is 0.478. The molecule has 9 heteroatoms. The molecule has 3 heterocycles. The van der Waals surface area contributed by atoms with Crippen molar-refractivity contribution in [3.63, 3.8) is 0 Å². The van der Waals surface area contributed by atoms with Crippen LogP contribution in [-0.4, -0.2) is 87.5 Å². The molecule has 0 unspecified atom stereocenters. The van der Waals surface area contributed by atoms with Crippen LogP contribution in [0, 0.1) is 0 Å². The number of anilines is 3. The Kier molecular flexibility index (Phi) is 7.76. The van der Waals surface area contributed by atoms with Crippen LogP contribution in [0.1, 0.15) is 11.4 Å². The van der Waals surface area contributed by atoms with E-state index in [1.165, 1.54) is 0 Å². The average Bonchev–Trinajstić information content (AvgIpc) is 2.85. The third-order valence-electron chi connectivity index (χ3n) is 5.72. The molecule has 0 bridgehead atoms. The van der Waals surface area contributed by atoms with E-state index in [1.807, 2.05) is 36.4 Å². The molecule has 9 nitrogen and oxygen atoms in total. The Bertz CT molecular complexity index is 892. The first kappa shape index (κ1) is 22.3. The van der Waals surface area contributed by atoms with Gasteiger partial charge in [-0.2, -0.15) is 0 Å². The van der Waals surface area contributed by atoms with Gasteiger partial charge >= 0.3 is 0 Å². The molecule has 0 spiro atoms. The summed E-state index contributed by atoms with van der Waals surface area (Å²) in [6.07, 6.45) is 3.92. The molecule has 32 heavy (non-hydrogen) atoms. The van der Waals surface area contributed by atoms with Gasteiger partial charge in [0.05, 0.1) is 20.3 Å². The molecule has 2 saturated heterocycles. The number of nitrogen functional groups attached to an aromatic ring is 1. The van der Waals surface area contributed by atoms with E-state index >= 15 is 0 Å². The normalized spacial score (nSPS) is 17.6. The molecular formula is C23H33N7O2. The lowest BCUT2D eigenvalue weighted by Gasteiger charge is -2.30. The molecule has 2 aromatic rings. The van der Waals surface area contributed by atoms with E-state index in [4.69, 9.17) is 25.2 Å². The largest absolute Gasteiger partial charge is 0.497 e. The molecule has 1 aromatic carbocycles. The molecule has 0 amide bonds. The van der Waals surface area contributed by atoms with E-state index in [0.29, 0.717) is 30.5 Å². The molecule has 0 radical (unpaired) electrons. The maximum absolute atomic E-state index is 6.51. The maximum atomic E-state index is 6.51. The van der Waals surface area contributed by atoms with Crippen molar-refractivity contribution in [1.82, 2.24) is 20.2 Å². The second-order valence-corrected chi connectivity index (χ2v) is 7.89. The quantitative estimate of drug-likeness (QED) is 0.563. The topological polar surface area (TPSA) is 101 Å². The van der Waals surface area contributed by atoms with Gasteiger partial charge in [0.25, 0.3) is 0 Å². The van der Waals surface area contributed by atoms with Crippen LogP contribution in [0.5, 0.6) is 5.75 Å². The maximum Gasteiger partial charge on any atom is 0.158 e. The summed E-state index contributed by atoms with van der Waals surface area (Å²) in [5, 5.41) is 6.83. The third-order valence-corrected chi connectivity index (χ3v) is 5.72. The molecule has 172 valence electrons. The minimum absolute atomic E-state index is 0.591. The summed E-state index contributed by atoms with van der Waals surface area (Å²) < 4.78 is 10.7. The lowest BCUT2D eigenvalue weighted by atomic mass is 10.2. The van der Waals surface area contributed by atoms with Crippen molar-refractivity contribution in [2.24, 2.45) is 0 Å². The van der Waals surface area contributed by atoms with E-state index in [0.717, 1.165) is 69.5 Å². The highest BCUT2D eigenvalue weighted by atomic mass is 16.5. The first-order valence-corrected chi connectivity index (χ1v) is 11.2. The second kappa shape index (κ2) is 11.1. The standard InChI is InChI=1S/C23H33N7O2/c1-31-19-5-2-18(3-6-19)4-7-20-27-22(26-10-13-29-11-8-25-9-12-29)21(24)23(28-20)30-14-16-32-17-15-30/h2-7,25H,8-17,24H2,1H3,(H,26,27,28)/b7-4+. The van der Waals surface area contributed by atoms with Crippen LogP contribution in [0.2, 0.25) is 0 Å². The zero-order valence-corrected chi connectivity index (χ0v) is 18.7. The highest BCUT2D eigenvalue weighted by Crippen LogP contribution is 2.28. The van der Waals surface area contributed by atoms with E-state index in [2.05, 4.69) is 20.4 Å². The highest BCUT2D eigenvalue weighted by molar-refractivity contribution is 5.78. The van der Waals surface area contributed by atoms with Crippen molar-refractivity contribution >= 4 is 29.5 Å². The molecule has 2 aliphatic rings. The Balaban J connectivity index is 1.52. The van der Waals surface area contributed by atoms with E-state index in [1.54, 1.807) is 7.11 Å². The van der Waals surface area contributed by atoms with Gasteiger partial charge in [0.15, 0.2) is 17.5 Å². The number of nitrogens with one attached hydrogen (secondary N) is 2. The highest BCUT2D eigenvalue weighted by Gasteiger charge is 2.19. The Morgan fingerprint density at radius 3 is 2.56 bits per heavy atom. The fourth-order valence-electron chi connectivity index (χ4n) is 3.85. The zero-order chi connectivity index (χ0) is 22.2. The van der Waals surface area contributed by atoms with E-state index < -0.39 is 0 Å². The Morgan fingerprint density at radius 1 is 1.09 bits per heavy atom. The Hall–Kier alpha value is -2.88. The molecule has 0 saturated carbocycles. The lowest BCUT2D eigenvalue weighted by molar-refractivity contribution is 0.122. The van der Waals surface area contributed by atoms with Gasteiger partial charge in [-0.25, -0.2) is 9.97 Å². The number of ether oxygens (including phenoxy) is 2. The number of aromatic nitrogens is 2. The summed E-state index contributed by atoms with van der Waals surface area (Å²) >= 11 is 0. The Morgan fingerprint density at radius 2 is 1.84 bits per heavy atom. The van der Waals surface area contributed by atoms with Crippen molar-refractivity contribution < 1.29 is 9.47 Å². The molecule has 2 fully saturated rings. The number of nitrogens with zero attached hydrogens (tertiary/aromatic N) is 4. The van der Waals surface area contributed by atoms with Crippen molar-refractivity contribution in [3.05, 3.63) is 35.7 Å². The summed E-state index contributed by atoms with van der Waals surface area (Å²) in [7, 11) is 1.66. The predicted octanol–water partition coefficient (Wildman–Crippen LogP) is 1.39. The molecule has 2 aliphatic heterocycles. The van der Waals surface area contributed by atoms with Gasteiger partial charge in [-0.05, 0) is 23.8 Å². The lowest BCUT2D eigenvalue weighted by Crippen LogP contribution is -2.45. The van der Waals surface area contributed by atoms with Crippen LogP contribution in [0.4, 0.5) is 17.3 Å². The van der Waals surface area contributed by atoms with Gasteiger partial charge < -0.3 is 30.7 Å². The number of methoxy groups -OCH3 is 1. The first-order valence-electron chi connectivity index (χ1n) is 11.2. The van der Waals surface area contributed by atoms with Crippen molar-refractivity contribution in [3.8, 4) is 5.75 Å². The average molecular weight is 440 g/mol. The van der Waals surface area contributed by atoms with Crippen LogP contribution >= 0.6 is 0 Å². The smallest absolute Gasteiger partial charge is 0.158 e. The number of morpholine rings is 1. The SMILES string of the molecule is COc1ccc(/C=C/c2nc(NCCN3CCNCC3)c(N)c(N3CCOCC3)n2)cc1. The number of rotatable bonds is 8. The summed E-state index contributed by atoms with van der Waals surface area (Å²) in [6.45, 7) is 8.82. The third kappa shape index (κ3) is 5.87. The van der Waals surface area contributed by atoms with Gasteiger partial charge in [0.2, 0.25) is 0 Å². The van der Waals surface area contributed by atoms with Crippen LogP contribution in [0.25, 0.3) is 12.2 Å². The van der Waals surface area contributed by atoms with Crippen molar-refractivity contribution in [2.45, 2.75) is 0 Å². The van der Waals surface area contributed by atoms with Gasteiger partial charge in [0, 0.05) is 52.4 Å². The number of hydrogen-bond acceptors (Lipinski definition) is 9. The van der Waals surface area contributed by atoms with Gasteiger partial charge in [0.1, 0.15) is 11.4 Å². The van der Waals surface area contributed by atoms with E-state index in [-0.39, 0.29) is 0 Å². The van der Waals surface area contributed by atoms with Gasteiger partial charge in [-0.1, -0.05) is 18.2 Å². The van der Waals surface area contributed by atoms with Crippen LogP contribution in [0.15, 0.2) is 24.3 Å². The summed E-state index contributed by atoms with van der Waals surface area (Å²) in [6, 6.07) is 7.88. The fourth-order valence-corrected chi connectivity index (χ4v) is 3.85. The predicted molar refractivity (Wildman–Crippen MR) is 129 cm³/mol. The number of nitrogens with two attached hydrogens (primary N) is 1. The van der Waals surface area contributed by atoms with Gasteiger partial charge in [-0.15, -0.1) is 0 Å². The number of benzene rings is 1. The molecule has 4 N–H and O–H groups in total. The molecular weight excluding hydrogens is 406 g/mol. The van der Waals surface area contributed by atoms with Crippen LogP contribution in [-0.2, 0) is 4.74 Å². The minimum atomic E-state index is 0.591. The summed E-state index contributed by atoms with van der Waals surface area (Å²) in [5.41, 5.74) is 8.15. The summed E-state index contributed by atoms with van der Waals surface area (Å²) in [4.78, 5) is 14.1. The Labute approximate surface area is 189 Å². The minimum Gasteiger partial charge on any atom is -0.497 e. The molecule has 4 rings (SSSR count). The van der Waals surface area contributed by atoms with Crippen molar-refractivity contribution in [2.75, 3.05) is 88.6 Å². The zero-order valence-electron chi connectivity index (χ0n) is 18.7. The van der Waals surface area contributed by atoms with Crippen LogP contribution in [0.3, 0.4) is 0 Å². The van der Waals surface area contributed by atoms with Gasteiger partial charge in [-0.3, -0.25) is 4.90 Å². The second-order valence-electron chi connectivity index (χ2n) is 7.89. The molecule has 0 aliphatic carbocycles.